The summed E-state index contributed by atoms with van der Waals surface area (Å²) in [5.74, 6) is -1.62. The van der Waals surface area contributed by atoms with Crippen LogP contribution in [-0.2, 0) is 17.1 Å². The molecule has 0 aliphatic heterocycles. The molecular weight excluding hydrogens is 942 g/mol. The number of anilines is 2. The first-order valence-electron chi connectivity index (χ1n) is 18.7. The Hall–Kier alpha value is -6.70. The van der Waals surface area contributed by atoms with E-state index in [1.54, 1.807) is 97.1 Å². The van der Waals surface area contributed by atoms with Gasteiger partial charge < -0.3 is 30.7 Å². The number of phenolic OH excluding ortho intramolecular Hbond substituents is 3. The number of aromatic hydroxyl groups is 3. The van der Waals surface area contributed by atoms with Crippen molar-refractivity contribution in [1.82, 2.24) is 0 Å². The van der Waals surface area contributed by atoms with Gasteiger partial charge in [0.1, 0.15) is 22.7 Å². The van der Waals surface area contributed by atoms with Crippen LogP contribution in [0.15, 0.2) is 166 Å². The summed E-state index contributed by atoms with van der Waals surface area (Å²) < 4.78 is 5.29. The molecule has 17 heteroatoms. The third kappa shape index (κ3) is 10.7. The third-order valence-electron chi connectivity index (χ3n) is 9.26. The standard InChI is InChI=1S/C24H17Cl2N3O3.C23H15Cl2N3O3.Fe/c1-32-23-19(26)12-15(25)13-20(23)28-29-21-17-10-6-5-7-14(17)11-18(22(21)30)24(31)27-16-8-3-2-4-9-16;24-14-11-18(25)22(30)19(12-14)27-28-20-16-9-5-4-6-13(16)10-17(21(20)29)23(31)26-15-7-2-1-3-8-15;/h2-13,30H,1H3,(H,27,31);1-12,29-30H,(H,26,31);. The van der Waals surface area contributed by atoms with Crippen LogP contribution in [0.3, 0.4) is 0 Å². The fourth-order valence-electron chi connectivity index (χ4n) is 6.28. The van der Waals surface area contributed by atoms with Crippen molar-refractivity contribution in [1.29, 1.82) is 0 Å². The summed E-state index contributed by atoms with van der Waals surface area (Å²) in [7, 11) is 1.45. The Balaban J connectivity index is 0.000000209. The van der Waals surface area contributed by atoms with Gasteiger partial charge in [0.25, 0.3) is 11.8 Å². The number of hydrogen-bond acceptors (Lipinski definition) is 10. The van der Waals surface area contributed by atoms with Crippen LogP contribution in [0.1, 0.15) is 20.7 Å². The van der Waals surface area contributed by atoms with Gasteiger partial charge in [-0.3, -0.25) is 9.59 Å². The molecule has 0 heterocycles. The molecule has 2 amide bonds. The maximum absolute atomic E-state index is 12.9. The van der Waals surface area contributed by atoms with E-state index in [0.717, 1.165) is 0 Å². The molecule has 0 aliphatic rings. The van der Waals surface area contributed by atoms with Crippen LogP contribution in [0, 0.1) is 0 Å². The van der Waals surface area contributed by atoms with E-state index in [9.17, 15) is 24.9 Å². The first-order valence-corrected chi connectivity index (χ1v) is 20.2. The topological polar surface area (TPSA) is 178 Å². The first kappa shape index (κ1) is 46.8. The van der Waals surface area contributed by atoms with Gasteiger partial charge in [-0.05, 0) is 71.4 Å². The summed E-state index contributed by atoms with van der Waals surface area (Å²) in [5, 5.41) is 57.5. The first-order chi connectivity index (χ1) is 30.4. The monoisotopic (exact) mass is 972 g/mol. The second-order valence-electron chi connectivity index (χ2n) is 13.4. The number of nitrogens with one attached hydrogen (secondary N) is 2. The van der Waals surface area contributed by atoms with E-state index in [4.69, 9.17) is 51.1 Å². The molecule has 12 nitrogen and oxygen atoms in total. The number of benzene rings is 8. The van der Waals surface area contributed by atoms with E-state index < -0.39 is 11.8 Å². The molecule has 0 radical (unpaired) electrons. The number of carbonyl (C=O) groups is 2. The van der Waals surface area contributed by atoms with Crippen molar-refractivity contribution in [2.45, 2.75) is 0 Å². The number of halogens is 4. The molecule has 0 atom stereocenters. The van der Waals surface area contributed by atoms with Crippen LogP contribution in [0.25, 0.3) is 21.5 Å². The normalized spacial score (nSPS) is 11.0. The van der Waals surface area contributed by atoms with Crippen molar-refractivity contribution >= 4 is 114 Å². The van der Waals surface area contributed by atoms with Gasteiger partial charge in [-0.1, -0.05) is 131 Å². The number of methoxy groups -OCH3 is 1. The van der Waals surface area contributed by atoms with Gasteiger partial charge in [-0.15, -0.1) is 20.5 Å². The van der Waals surface area contributed by atoms with Gasteiger partial charge in [0.2, 0.25) is 0 Å². The molecule has 0 bridgehead atoms. The summed E-state index contributed by atoms with van der Waals surface area (Å²) in [5.41, 5.74) is 1.81. The molecule has 0 aliphatic carbocycles. The molecule has 64 heavy (non-hydrogen) atoms. The Morgan fingerprint density at radius 3 is 1.38 bits per heavy atom. The maximum Gasteiger partial charge on any atom is 0.259 e. The predicted octanol–water partition coefficient (Wildman–Crippen LogP) is 14.8. The molecule has 0 fully saturated rings. The predicted molar refractivity (Wildman–Crippen MR) is 250 cm³/mol. The molecule has 0 saturated heterocycles. The van der Waals surface area contributed by atoms with Crippen LogP contribution in [0.2, 0.25) is 20.1 Å². The molecule has 5 N–H and O–H groups in total. The minimum Gasteiger partial charge on any atom is -0.505 e. The van der Waals surface area contributed by atoms with Gasteiger partial charge in [0, 0.05) is 49.3 Å². The van der Waals surface area contributed by atoms with Gasteiger partial charge in [-0.2, -0.15) is 0 Å². The number of ether oxygens (including phenoxy) is 1. The van der Waals surface area contributed by atoms with Crippen LogP contribution < -0.4 is 15.4 Å². The van der Waals surface area contributed by atoms with E-state index in [-0.39, 0.29) is 83.3 Å². The number of hydrogen-bond donors (Lipinski definition) is 5. The van der Waals surface area contributed by atoms with Crippen molar-refractivity contribution in [2.75, 3.05) is 17.7 Å². The molecular formula is C47H32Cl4FeN6O6. The largest absolute Gasteiger partial charge is 0.505 e. The Kier molecular flexibility index (Phi) is 15.4. The number of azo groups is 2. The van der Waals surface area contributed by atoms with Crippen molar-refractivity contribution in [2.24, 2.45) is 20.5 Å². The van der Waals surface area contributed by atoms with Crippen molar-refractivity contribution in [3.63, 3.8) is 0 Å². The van der Waals surface area contributed by atoms with Crippen LogP contribution in [0.5, 0.6) is 23.0 Å². The second-order valence-corrected chi connectivity index (χ2v) is 15.1. The fraction of sp³-hybridized carbons (Fsp3) is 0.0213. The van der Waals surface area contributed by atoms with E-state index >= 15 is 0 Å². The zero-order valence-electron chi connectivity index (χ0n) is 33.1. The summed E-state index contributed by atoms with van der Waals surface area (Å²) >= 11 is 24.2. The zero-order valence-corrected chi connectivity index (χ0v) is 37.2. The summed E-state index contributed by atoms with van der Waals surface area (Å²) in [6.45, 7) is 0. The molecule has 8 rings (SSSR count). The summed E-state index contributed by atoms with van der Waals surface area (Å²) in [6.07, 6.45) is 0. The summed E-state index contributed by atoms with van der Waals surface area (Å²) in [4.78, 5) is 25.7. The van der Waals surface area contributed by atoms with Crippen molar-refractivity contribution < 1.29 is 46.7 Å². The van der Waals surface area contributed by atoms with Gasteiger partial charge >= 0.3 is 0 Å². The zero-order chi connectivity index (χ0) is 44.6. The van der Waals surface area contributed by atoms with E-state index in [2.05, 4.69) is 31.1 Å². The van der Waals surface area contributed by atoms with Crippen molar-refractivity contribution in [3.8, 4) is 23.0 Å². The van der Waals surface area contributed by atoms with Gasteiger partial charge in [0.05, 0.1) is 28.3 Å². The molecule has 8 aromatic rings. The number of nitrogens with zero attached hydrogens (tertiary/aromatic N) is 4. The van der Waals surface area contributed by atoms with Gasteiger partial charge in [-0.25, -0.2) is 0 Å². The average molecular weight is 974 g/mol. The average Bonchev–Trinajstić information content (AvgIpc) is 3.27. The minimum absolute atomic E-state index is 0. The minimum atomic E-state index is -0.500. The number of rotatable bonds is 9. The molecule has 322 valence electrons. The summed E-state index contributed by atoms with van der Waals surface area (Å²) in [6, 6.07) is 41.2. The van der Waals surface area contributed by atoms with Gasteiger partial charge in [0.15, 0.2) is 23.0 Å². The molecule has 0 spiro atoms. The van der Waals surface area contributed by atoms with Crippen LogP contribution >= 0.6 is 46.4 Å². The van der Waals surface area contributed by atoms with E-state index in [1.165, 1.54) is 25.3 Å². The SMILES string of the molecule is COc1c(Cl)cc(Cl)cc1N=Nc1c(O)c(C(=O)Nc2ccccc2)cc2ccccc12.O=C(Nc1ccccc1)c1cc2ccccc2c(N=Nc2cc(Cl)cc(Cl)c2O)c1O.[Fe]. The van der Waals surface area contributed by atoms with E-state index in [1.807, 2.05) is 30.3 Å². The maximum atomic E-state index is 12.9. The van der Waals surface area contributed by atoms with Crippen molar-refractivity contribution in [3.05, 3.63) is 177 Å². The molecule has 0 aromatic heterocycles. The van der Waals surface area contributed by atoms with E-state index in [0.29, 0.717) is 43.7 Å². The number of carbonyl (C=O) groups excluding carboxylic acids is 2. The number of amides is 2. The number of phenols is 3. The fourth-order valence-corrected chi connectivity index (χ4v) is 7.33. The smallest absolute Gasteiger partial charge is 0.259 e. The molecule has 8 aromatic carbocycles. The quantitative estimate of drug-likeness (QED) is 0.0710. The second kappa shape index (κ2) is 21.1. The Morgan fingerprint density at radius 1 is 0.500 bits per heavy atom. The Bertz CT molecular complexity index is 3090. The number of para-hydroxylation sites is 2. The van der Waals surface area contributed by atoms with Crippen LogP contribution in [0.4, 0.5) is 34.1 Å². The third-order valence-corrected chi connectivity index (χ3v) is 10.3. The molecule has 0 saturated carbocycles. The Morgan fingerprint density at radius 2 is 0.906 bits per heavy atom. The molecule has 0 unspecified atom stereocenters. The number of fused-ring (bicyclic) bond motifs is 2. The Labute approximate surface area is 396 Å². The van der Waals surface area contributed by atoms with Crippen LogP contribution in [-0.4, -0.2) is 34.2 Å².